The number of carbonyl (C=O) groups excluding carboxylic acids is 1. The smallest absolute Gasteiger partial charge is 0.419 e. The molecule has 1 fully saturated rings. The molecule has 3 nitrogen and oxygen atoms in total. The molecule has 3 rings (SSSR count). The average Bonchev–Trinajstić information content (AvgIpc) is 3.16. The first-order valence-electron chi connectivity index (χ1n) is 7.76. The normalized spacial score (nSPS) is 15.4. The Morgan fingerprint density at radius 3 is 2.57 bits per heavy atom. The van der Waals surface area contributed by atoms with E-state index in [9.17, 15) is 4.79 Å². The molecule has 3 heteroatoms. The van der Waals surface area contributed by atoms with Crippen LogP contribution in [0.15, 0.2) is 24.3 Å². The molecule has 0 atom stereocenters. The lowest BCUT2D eigenvalue weighted by atomic mass is 10.1. The molecule has 0 aliphatic heterocycles. The number of fused-ring (bicyclic) bond motifs is 1. The summed E-state index contributed by atoms with van der Waals surface area (Å²) in [6.07, 6.45) is 3.06. The number of hydrogen-bond donors (Lipinski definition) is 0. The van der Waals surface area contributed by atoms with Crippen LogP contribution >= 0.6 is 0 Å². The van der Waals surface area contributed by atoms with E-state index in [2.05, 4.69) is 31.2 Å². The summed E-state index contributed by atoms with van der Waals surface area (Å²) < 4.78 is 7.32. The van der Waals surface area contributed by atoms with Gasteiger partial charge in [0.15, 0.2) is 0 Å². The number of aryl methyl sites for hydroxylation is 1. The Labute approximate surface area is 125 Å². The molecule has 1 aromatic heterocycles. The van der Waals surface area contributed by atoms with E-state index in [1.54, 1.807) is 4.57 Å². The van der Waals surface area contributed by atoms with Crippen LogP contribution in [0.25, 0.3) is 10.9 Å². The average molecular weight is 285 g/mol. The first-order chi connectivity index (χ1) is 9.89. The second-order valence-electron chi connectivity index (χ2n) is 6.90. The van der Waals surface area contributed by atoms with Crippen LogP contribution in [0.2, 0.25) is 0 Å². The summed E-state index contributed by atoms with van der Waals surface area (Å²) in [7, 11) is 0. The second-order valence-corrected chi connectivity index (χ2v) is 6.90. The number of ether oxygens (including phenoxy) is 1. The van der Waals surface area contributed by atoms with Gasteiger partial charge in [0.2, 0.25) is 0 Å². The van der Waals surface area contributed by atoms with Crippen molar-refractivity contribution in [1.29, 1.82) is 0 Å². The van der Waals surface area contributed by atoms with Gasteiger partial charge in [0, 0.05) is 11.1 Å². The van der Waals surface area contributed by atoms with Crippen molar-refractivity contribution in [2.24, 2.45) is 0 Å². The lowest BCUT2D eigenvalue weighted by Crippen LogP contribution is -2.27. The molecule has 0 saturated heterocycles. The van der Waals surface area contributed by atoms with Crippen molar-refractivity contribution in [2.45, 2.75) is 58.5 Å². The number of rotatable bonds is 2. The molecule has 1 heterocycles. The Morgan fingerprint density at radius 1 is 1.29 bits per heavy atom. The third-order valence-corrected chi connectivity index (χ3v) is 3.89. The van der Waals surface area contributed by atoms with Crippen molar-refractivity contribution in [2.75, 3.05) is 0 Å². The summed E-state index contributed by atoms with van der Waals surface area (Å²) in [6.45, 7) is 7.77. The molecule has 0 N–H and O–H groups in total. The van der Waals surface area contributed by atoms with Gasteiger partial charge in [-0.25, -0.2) is 9.36 Å². The molecular formula is C18H23NO2. The number of benzene rings is 1. The lowest BCUT2D eigenvalue weighted by Gasteiger charge is -2.21. The minimum atomic E-state index is -0.479. The van der Waals surface area contributed by atoms with Crippen molar-refractivity contribution in [3.63, 3.8) is 0 Å². The van der Waals surface area contributed by atoms with E-state index in [4.69, 9.17) is 4.74 Å². The van der Waals surface area contributed by atoms with Gasteiger partial charge in [0.1, 0.15) is 5.60 Å². The van der Waals surface area contributed by atoms with Crippen LogP contribution in [0, 0.1) is 0 Å². The highest BCUT2D eigenvalue weighted by Gasteiger charge is 2.26. The zero-order valence-corrected chi connectivity index (χ0v) is 13.3. The summed E-state index contributed by atoms with van der Waals surface area (Å²) in [5.41, 5.74) is 2.85. The van der Waals surface area contributed by atoms with Gasteiger partial charge in [-0.05, 0) is 63.6 Å². The van der Waals surface area contributed by atoms with Crippen molar-refractivity contribution in [3.05, 3.63) is 35.5 Å². The van der Waals surface area contributed by atoms with Crippen LogP contribution < -0.4 is 0 Å². The predicted molar refractivity (Wildman–Crippen MR) is 84.9 cm³/mol. The molecule has 0 amide bonds. The minimum absolute atomic E-state index is 0.276. The Bertz CT molecular complexity index is 687. The molecule has 1 aliphatic carbocycles. The first-order valence-corrected chi connectivity index (χ1v) is 7.76. The van der Waals surface area contributed by atoms with Crippen LogP contribution in [0.5, 0.6) is 0 Å². The highest BCUT2D eigenvalue weighted by molar-refractivity contribution is 5.91. The van der Waals surface area contributed by atoms with E-state index in [-0.39, 0.29) is 6.09 Å². The number of carbonyl (C=O) groups is 1. The molecule has 0 bridgehead atoms. The fourth-order valence-corrected chi connectivity index (χ4v) is 2.73. The summed E-state index contributed by atoms with van der Waals surface area (Å²) >= 11 is 0. The number of hydrogen-bond acceptors (Lipinski definition) is 2. The van der Waals surface area contributed by atoms with E-state index < -0.39 is 5.60 Å². The molecule has 1 aliphatic rings. The van der Waals surface area contributed by atoms with Crippen molar-refractivity contribution in [3.8, 4) is 0 Å². The van der Waals surface area contributed by atoms with Crippen LogP contribution in [0.1, 0.15) is 57.7 Å². The van der Waals surface area contributed by atoms with Gasteiger partial charge in [0.05, 0.1) is 5.52 Å². The Balaban J connectivity index is 2.09. The topological polar surface area (TPSA) is 31.2 Å². The summed E-state index contributed by atoms with van der Waals surface area (Å²) in [5, 5.41) is 1.11. The highest BCUT2D eigenvalue weighted by Crippen LogP contribution is 2.41. The summed E-state index contributed by atoms with van der Waals surface area (Å²) in [6, 6.07) is 8.58. The van der Waals surface area contributed by atoms with Gasteiger partial charge in [-0.2, -0.15) is 0 Å². The Morgan fingerprint density at radius 2 is 2.00 bits per heavy atom. The second kappa shape index (κ2) is 4.90. The first kappa shape index (κ1) is 14.2. The van der Waals surface area contributed by atoms with Crippen molar-refractivity contribution < 1.29 is 9.53 Å². The summed E-state index contributed by atoms with van der Waals surface area (Å²) in [5.74, 6) is 0.682. The van der Waals surface area contributed by atoms with Gasteiger partial charge < -0.3 is 4.74 Å². The largest absolute Gasteiger partial charge is 0.443 e. The maximum Gasteiger partial charge on any atom is 0.419 e. The van der Waals surface area contributed by atoms with Gasteiger partial charge in [-0.15, -0.1) is 0 Å². The highest BCUT2D eigenvalue weighted by atomic mass is 16.6. The zero-order chi connectivity index (χ0) is 15.2. The minimum Gasteiger partial charge on any atom is -0.443 e. The van der Waals surface area contributed by atoms with Gasteiger partial charge in [-0.1, -0.05) is 19.1 Å². The Hall–Kier alpha value is -1.77. The van der Waals surface area contributed by atoms with Crippen LogP contribution in [0.3, 0.4) is 0 Å². The predicted octanol–water partition coefficient (Wildman–Crippen LogP) is 4.86. The summed E-state index contributed by atoms with van der Waals surface area (Å²) in [4.78, 5) is 12.6. The fourth-order valence-electron chi connectivity index (χ4n) is 2.73. The molecule has 1 saturated carbocycles. The van der Waals surface area contributed by atoms with E-state index in [0.717, 1.165) is 23.0 Å². The van der Waals surface area contributed by atoms with Crippen LogP contribution in [-0.2, 0) is 11.2 Å². The van der Waals surface area contributed by atoms with Gasteiger partial charge in [-0.3, -0.25) is 0 Å². The maximum atomic E-state index is 12.6. The van der Waals surface area contributed by atoms with E-state index in [0.29, 0.717) is 5.92 Å². The SMILES string of the molecule is CCc1cc2ccc(C3CC3)cc2n1C(=O)OC(C)(C)C. The standard InChI is InChI=1S/C18H23NO2/c1-5-15-10-14-9-8-13(12-6-7-12)11-16(14)19(15)17(20)21-18(2,3)4/h8-12H,5-7H2,1-4H3. The van der Waals surface area contributed by atoms with E-state index in [1.165, 1.54) is 18.4 Å². The monoisotopic (exact) mass is 285 g/mol. The molecule has 0 radical (unpaired) electrons. The van der Waals surface area contributed by atoms with Crippen molar-refractivity contribution >= 4 is 17.0 Å². The van der Waals surface area contributed by atoms with Crippen molar-refractivity contribution in [1.82, 2.24) is 4.57 Å². The maximum absolute atomic E-state index is 12.6. The number of aromatic nitrogens is 1. The van der Waals surface area contributed by atoms with Crippen LogP contribution in [0.4, 0.5) is 4.79 Å². The molecule has 0 spiro atoms. The molecule has 2 aromatic rings. The Kier molecular flexibility index (Phi) is 3.31. The molecule has 21 heavy (non-hydrogen) atoms. The lowest BCUT2D eigenvalue weighted by molar-refractivity contribution is 0.0540. The zero-order valence-electron chi connectivity index (χ0n) is 13.3. The van der Waals surface area contributed by atoms with Crippen LogP contribution in [-0.4, -0.2) is 16.3 Å². The fraction of sp³-hybridized carbons (Fsp3) is 0.500. The van der Waals surface area contributed by atoms with Gasteiger partial charge >= 0.3 is 6.09 Å². The quantitative estimate of drug-likeness (QED) is 0.788. The van der Waals surface area contributed by atoms with Gasteiger partial charge in [0.25, 0.3) is 0 Å². The third kappa shape index (κ3) is 2.82. The molecule has 0 unspecified atom stereocenters. The molecule has 1 aromatic carbocycles. The molecular weight excluding hydrogens is 262 g/mol. The van der Waals surface area contributed by atoms with E-state index in [1.807, 2.05) is 20.8 Å². The third-order valence-electron chi connectivity index (χ3n) is 3.89. The number of nitrogens with zero attached hydrogens (tertiary/aromatic N) is 1. The van der Waals surface area contributed by atoms with E-state index >= 15 is 0 Å². The molecule has 112 valence electrons.